The standard InChI is InChI=1S/C18H28N2O6S/c1-12(2)14(4)19-17(21)11-26-18(22)15-6-8-16(9-7-15)27(23,24)20-13(3)10-25-5/h6-9,12-14,20H,10-11H2,1-5H3,(H,19,21)/t13-,14+/m1/s1. The molecule has 0 saturated heterocycles. The molecule has 9 heteroatoms. The summed E-state index contributed by atoms with van der Waals surface area (Å²) in [5, 5.41) is 2.73. The van der Waals surface area contributed by atoms with Crippen LogP contribution in [-0.2, 0) is 24.3 Å². The Kier molecular flexibility index (Phi) is 8.87. The molecule has 2 N–H and O–H groups in total. The second-order valence-electron chi connectivity index (χ2n) is 6.68. The first kappa shape index (κ1) is 23.1. The predicted octanol–water partition coefficient (Wildman–Crippen LogP) is 1.32. The SMILES string of the molecule is COC[C@@H](C)NS(=O)(=O)c1ccc(C(=O)OCC(=O)N[C@@H](C)C(C)C)cc1. The molecule has 0 fully saturated rings. The quantitative estimate of drug-likeness (QED) is 0.573. The van der Waals surface area contributed by atoms with Gasteiger partial charge in [-0.15, -0.1) is 0 Å². The molecule has 152 valence electrons. The molecular formula is C18H28N2O6S. The summed E-state index contributed by atoms with van der Waals surface area (Å²) < 4.78 is 36.8. The largest absolute Gasteiger partial charge is 0.452 e. The summed E-state index contributed by atoms with van der Waals surface area (Å²) in [7, 11) is -2.24. The first-order valence-electron chi connectivity index (χ1n) is 8.64. The third kappa shape index (κ3) is 7.66. The monoisotopic (exact) mass is 400 g/mol. The van der Waals surface area contributed by atoms with Gasteiger partial charge in [0.25, 0.3) is 5.91 Å². The second kappa shape index (κ2) is 10.4. The number of benzene rings is 1. The number of carbonyl (C=O) groups excluding carboxylic acids is 2. The maximum Gasteiger partial charge on any atom is 0.338 e. The Morgan fingerprint density at radius 1 is 1.07 bits per heavy atom. The van der Waals surface area contributed by atoms with Crippen molar-refractivity contribution >= 4 is 21.9 Å². The summed E-state index contributed by atoms with van der Waals surface area (Å²) in [5.74, 6) is -0.827. The molecule has 27 heavy (non-hydrogen) atoms. The maximum absolute atomic E-state index is 12.2. The number of carbonyl (C=O) groups is 2. The topological polar surface area (TPSA) is 111 Å². The van der Waals surface area contributed by atoms with Crippen LogP contribution in [0, 0.1) is 5.92 Å². The Morgan fingerprint density at radius 3 is 2.19 bits per heavy atom. The van der Waals surface area contributed by atoms with Gasteiger partial charge in [-0.05, 0) is 44.0 Å². The Labute approximate surface area is 160 Å². The van der Waals surface area contributed by atoms with Gasteiger partial charge in [0.1, 0.15) is 0 Å². The van der Waals surface area contributed by atoms with Gasteiger partial charge in [-0.2, -0.15) is 0 Å². The summed E-state index contributed by atoms with van der Waals surface area (Å²) >= 11 is 0. The van der Waals surface area contributed by atoms with Crippen LogP contribution in [0.5, 0.6) is 0 Å². The van der Waals surface area contributed by atoms with Crippen LogP contribution in [0.2, 0.25) is 0 Å². The van der Waals surface area contributed by atoms with E-state index in [9.17, 15) is 18.0 Å². The van der Waals surface area contributed by atoms with Crippen molar-refractivity contribution in [3.05, 3.63) is 29.8 Å². The van der Waals surface area contributed by atoms with Gasteiger partial charge in [0.05, 0.1) is 17.1 Å². The Balaban J connectivity index is 2.65. The molecule has 0 aliphatic rings. The van der Waals surface area contributed by atoms with Gasteiger partial charge < -0.3 is 14.8 Å². The van der Waals surface area contributed by atoms with Crippen molar-refractivity contribution in [1.29, 1.82) is 0 Å². The number of sulfonamides is 1. The van der Waals surface area contributed by atoms with Gasteiger partial charge in [-0.1, -0.05) is 13.8 Å². The maximum atomic E-state index is 12.2. The fourth-order valence-corrected chi connectivity index (χ4v) is 3.29. The van der Waals surface area contributed by atoms with E-state index >= 15 is 0 Å². The zero-order valence-electron chi connectivity index (χ0n) is 16.3. The van der Waals surface area contributed by atoms with Crippen molar-refractivity contribution in [2.75, 3.05) is 20.3 Å². The highest BCUT2D eigenvalue weighted by atomic mass is 32.2. The molecule has 0 saturated carbocycles. The molecule has 0 aliphatic carbocycles. The molecule has 0 bridgehead atoms. The lowest BCUT2D eigenvalue weighted by atomic mass is 10.1. The molecule has 0 aliphatic heterocycles. The molecule has 1 aromatic rings. The third-order valence-electron chi connectivity index (χ3n) is 3.90. The molecule has 2 atom stereocenters. The minimum absolute atomic E-state index is 0.0190. The van der Waals surface area contributed by atoms with E-state index in [-0.39, 0.29) is 34.9 Å². The minimum Gasteiger partial charge on any atom is -0.452 e. The Morgan fingerprint density at radius 2 is 1.67 bits per heavy atom. The van der Waals surface area contributed by atoms with Crippen LogP contribution in [0.15, 0.2) is 29.2 Å². The number of esters is 1. The van der Waals surface area contributed by atoms with Gasteiger partial charge in [0.15, 0.2) is 6.61 Å². The van der Waals surface area contributed by atoms with E-state index in [1.807, 2.05) is 20.8 Å². The molecule has 1 rings (SSSR count). The highest BCUT2D eigenvalue weighted by Gasteiger charge is 2.19. The molecule has 0 spiro atoms. The predicted molar refractivity (Wildman–Crippen MR) is 101 cm³/mol. The highest BCUT2D eigenvalue weighted by Crippen LogP contribution is 2.12. The van der Waals surface area contributed by atoms with Crippen LogP contribution < -0.4 is 10.0 Å². The van der Waals surface area contributed by atoms with Gasteiger partial charge in [-0.25, -0.2) is 17.9 Å². The van der Waals surface area contributed by atoms with Gasteiger partial charge in [0, 0.05) is 19.2 Å². The second-order valence-corrected chi connectivity index (χ2v) is 8.39. The van der Waals surface area contributed by atoms with E-state index in [1.54, 1.807) is 6.92 Å². The lowest BCUT2D eigenvalue weighted by Gasteiger charge is -2.17. The normalized spacial score (nSPS) is 13.9. The van der Waals surface area contributed by atoms with Crippen LogP contribution in [0.25, 0.3) is 0 Å². The first-order chi connectivity index (χ1) is 12.6. The number of rotatable bonds is 10. The third-order valence-corrected chi connectivity index (χ3v) is 5.50. The lowest BCUT2D eigenvalue weighted by Crippen LogP contribution is -2.38. The molecule has 1 aromatic carbocycles. The smallest absolute Gasteiger partial charge is 0.338 e. The minimum atomic E-state index is -3.72. The summed E-state index contributed by atoms with van der Waals surface area (Å²) in [6.45, 7) is 7.32. The number of hydrogen-bond acceptors (Lipinski definition) is 6. The van der Waals surface area contributed by atoms with Gasteiger partial charge in [-0.3, -0.25) is 4.79 Å². The number of ether oxygens (including phenoxy) is 2. The van der Waals surface area contributed by atoms with Crippen molar-refractivity contribution in [2.45, 2.75) is 44.7 Å². The molecule has 8 nitrogen and oxygen atoms in total. The van der Waals surface area contributed by atoms with E-state index in [2.05, 4.69) is 10.0 Å². The van der Waals surface area contributed by atoms with Crippen molar-refractivity contribution in [3.8, 4) is 0 Å². The van der Waals surface area contributed by atoms with Crippen molar-refractivity contribution in [1.82, 2.24) is 10.0 Å². The van der Waals surface area contributed by atoms with Crippen LogP contribution in [-0.4, -0.2) is 52.7 Å². The van der Waals surface area contributed by atoms with Crippen LogP contribution in [0.3, 0.4) is 0 Å². The highest BCUT2D eigenvalue weighted by molar-refractivity contribution is 7.89. The molecular weight excluding hydrogens is 372 g/mol. The van der Waals surface area contributed by atoms with E-state index in [1.165, 1.54) is 31.4 Å². The molecule has 0 aromatic heterocycles. The van der Waals surface area contributed by atoms with Gasteiger partial charge in [0.2, 0.25) is 10.0 Å². The van der Waals surface area contributed by atoms with E-state index in [0.717, 1.165) is 0 Å². The lowest BCUT2D eigenvalue weighted by molar-refractivity contribution is -0.125. The number of amides is 1. The molecule has 0 heterocycles. The first-order valence-corrected chi connectivity index (χ1v) is 10.1. The number of nitrogens with one attached hydrogen (secondary N) is 2. The zero-order chi connectivity index (χ0) is 20.6. The fourth-order valence-electron chi connectivity index (χ4n) is 2.06. The summed E-state index contributed by atoms with van der Waals surface area (Å²) in [6.07, 6.45) is 0. The van der Waals surface area contributed by atoms with Crippen LogP contribution >= 0.6 is 0 Å². The van der Waals surface area contributed by atoms with Crippen molar-refractivity contribution in [3.63, 3.8) is 0 Å². The van der Waals surface area contributed by atoms with Crippen molar-refractivity contribution in [2.24, 2.45) is 5.92 Å². The van der Waals surface area contributed by atoms with Crippen LogP contribution in [0.4, 0.5) is 0 Å². The van der Waals surface area contributed by atoms with Crippen LogP contribution in [0.1, 0.15) is 38.1 Å². The molecule has 0 unspecified atom stereocenters. The van der Waals surface area contributed by atoms with E-state index in [4.69, 9.17) is 9.47 Å². The molecule has 0 radical (unpaired) electrons. The van der Waals surface area contributed by atoms with E-state index < -0.39 is 28.6 Å². The fraction of sp³-hybridized carbons (Fsp3) is 0.556. The summed E-state index contributed by atoms with van der Waals surface area (Å²) in [4.78, 5) is 23.8. The zero-order valence-corrected chi connectivity index (χ0v) is 17.1. The number of hydrogen-bond donors (Lipinski definition) is 2. The van der Waals surface area contributed by atoms with E-state index in [0.29, 0.717) is 0 Å². The van der Waals surface area contributed by atoms with Gasteiger partial charge >= 0.3 is 5.97 Å². The average Bonchev–Trinajstić information content (AvgIpc) is 2.59. The van der Waals surface area contributed by atoms with Crippen molar-refractivity contribution < 1.29 is 27.5 Å². The summed E-state index contributed by atoms with van der Waals surface area (Å²) in [5.41, 5.74) is 0.156. The Bertz CT molecular complexity index is 731. The Hall–Kier alpha value is -1.97. The number of methoxy groups -OCH3 is 1. The molecule has 1 amide bonds. The average molecular weight is 400 g/mol. The summed E-state index contributed by atoms with van der Waals surface area (Å²) in [6, 6.07) is 4.86.